The zero-order chi connectivity index (χ0) is 17.5. The predicted molar refractivity (Wildman–Crippen MR) is 81.0 cm³/mol. The molecule has 2 aromatic carbocycles. The van der Waals surface area contributed by atoms with Crippen molar-refractivity contribution < 1.29 is 27.1 Å². The van der Waals surface area contributed by atoms with Gasteiger partial charge in [-0.3, -0.25) is 9.71 Å². The highest BCUT2D eigenvalue weighted by molar-refractivity contribution is 7.92. The fraction of sp³-hybridized carbons (Fsp3) is 0. The van der Waals surface area contributed by atoms with E-state index in [9.17, 15) is 22.4 Å². The predicted octanol–water partition coefficient (Wildman–Crippen LogP) is 1.76. The smallest absolute Gasteiger partial charge is 0.417 e. The van der Waals surface area contributed by atoms with Crippen LogP contribution < -0.4 is 10.5 Å². The average molecular weight is 352 g/mol. The molecule has 0 spiro atoms. The van der Waals surface area contributed by atoms with Crippen LogP contribution in [-0.2, 0) is 10.0 Å². The molecule has 0 unspecified atom stereocenters. The van der Waals surface area contributed by atoms with Gasteiger partial charge in [-0.25, -0.2) is 22.4 Å². The van der Waals surface area contributed by atoms with Crippen LogP contribution in [0.5, 0.6) is 0 Å². The van der Waals surface area contributed by atoms with Gasteiger partial charge in [0.15, 0.2) is 5.58 Å². The van der Waals surface area contributed by atoms with E-state index in [2.05, 4.69) is 9.71 Å². The number of carboxylic acid groups (broad SMARTS) is 1. The molecule has 0 saturated carbocycles. The number of hydrogen-bond acceptors (Lipinski definition) is 5. The third-order valence-electron chi connectivity index (χ3n) is 3.15. The quantitative estimate of drug-likeness (QED) is 0.656. The van der Waals surface area contributed by atoms with Crippen LogP contribution in [0.2, 0.25) is 0 Å². The first kappa shape index (κ1) is 15.7. The number of anilines is 1. The van der Waals surface area contributed by atoms with E-state index in [1.54, 1.807) is 0 Å². The molecule has 0 aliphatic rings. The van der Waals surface area contributed by atoms with Gasteiger partial charge in [-0.05, 0) is 36.4 Å². The Kier molecular flexibility index (Phi) is 3.60. The first-order valence-electron chi connectivity index (χ1n) is 6.45. The monoisotopic (exact) mass is 352 g/mol. The highest BCUT2D eigenvalue weighted by Crippen LogP contribution is 2.21. The summed E-state index contributed by atoms with van der Waals surface area (Å²) in [7, 11) is -4.15. The van der Waals surface area contributed by atoms with Gasteiger partial charge < -0.3 is 9.52 Å². The summed E-state index contributed by atoms with van der Waals surface area (Å²) in [4.78, 5) is 24.0. The number of fused-ring (bicyclic) bond motifs is 1. The van der Waals surface area contributed by atoms with Gasteiger partial charge in [-0.15, -0.1) is 0 Å². The zero-order valence-electron chi connectivity index (χ0n) is 11.7. The normalized spacial score (nSPS) is 11.5. The molecule has 0 fully saturated rings. The molecule has 3 rings (SSSR count). The van der Waals surface area contributed by atoms with Crippen LogP contribution in [0.3, 0.4) is 0 Å². The molecule has 0 aliphatic heterocycles. The van der Waals surface area contributed by atoms with Gasteiger partial charge in [-0.1, -0.05) is 0 Å². The summed E-state index contributed by atoms with van der Waals surface area (Å²) in [6.45, 7) is 0. The second kappa shape index (κ2) is 5.49. The summed E-state index contributed by atoms with van der Waals surface area (Å²) < 4.78 is 45.0. The first-order valence-corrected chi connectivity index (χ1v) is 7.93. The first-order chi connectivity index (χ1) is 11.3. The Hall–Kier alpha value is -3.14. The lowest BCUT2D eigenvalue weighted by atomic mass is 10.2. The van der Waals surface area contributed by atoms with Crippen LogP contribution in [0.1, 0.15) is 10.4 Å². The van der Waals surface area contributed by atoms with Crippen LogP contribution in [0.15, 0.2) is 50.5 Å². The summed E-state index contributed by atoms with van der Waals surface area (Å²) >= 11 is 0. The van der Waals surface area contributed by atoms with Crippen LogP contribution in [-0.4, -0.2) is 24.5 Å². The lowest BCUT2D eigenvalue weighted by Crippen LogP contribution is -2.14. The number of aromatic amines is 1. The molecule has 10 heteroatoms. The largest absolute Gasteiger partial charge is 0.478 e. The fourth-order valence-electron chi connectivity index (χ4n) is 2.07. The standard InChI is InChI=1S/C14H9FN2O6S/c15-10-3-2-8(6-9(10)13(18)19)24(21,22)17-7-1-4-12-11(5-7)16-14(20)23-12/h1-6,17H,(H,16,20)(H,18,19). The summed E-state index contributed by atoms with van der Waals surface area (Å²) in [5, 5.41) is 8.87. The third kappa shape index (κ3) is 2.86. The van der Waals surface area contributed by atoms with Gasteiger partial charge in [0, 0.05) is 0 Å². The van der Waals surface area contributed by atoms with Crippen molar-refractivity contribution >= 4 is 32.8 Å². The Labute approximate surface area is 133 Å². The van der Waals surface area contributed by atoms with Gasteiger partial charge in [0.1, 0.15) is 5.82 Å². The van der Waals surface area contributed by atoms with Crippen LogP contribution in [0.25, 0.3) is 11.1 Å². The van der Waals surface area contributed by atoms with Gasteiger partial charge in [-0.2, -0.15) is 0 Å². The van der Waals surface area contributed by atoms with Crippen LogP contribution in [0, 0.1) is 5.82 Å². The number of rotatable bonds is 4. The zero-order valence-corrected chi connectivity index (χ0v) is 12.6. The van der Waals surface area contributed by atoms with Crippen molar-refractivity contribution in [2.45, 2.75) is 4.90 Å². The minimum Gasteiger partial charge on any atom is -0.478 e. The van der Waals surface area contributed by atoms with E-state index in [1.165, 1.54) is 18.2 Å². The number of oxazole rings is 1. The number of hydrogen-bond donors (Lipinski definition) is 3. The molecule has 0 radical (unpaired) electrons. The number of benzene rings is 2. The number of nitrogens with one attached hydrogen (secondary N) is 2. The van der Waals surface area contributed by atoms with Gasteiger partial charge >= 0.3 is 11.7 Å². The van der Waals surface area contributed by atoms with E-state index in [0.717, 1.165) is 18.2 Å². The topological polar surface area (TPSA) is 129 Å². The molecule has 0 aliphatic carbocycles. The number of halogens is 1. The van der Waals surface area contributed by atoms with Crippen molar-refractivity contribution in [3.8, 4) is 0 Å². The minimum atomic E-state index is -4.15. The highest BCUT2D eigenvalue weighted by Gasteiger charge is 2.19. The molecular formula is C14H9FN2O6S. The number of carbonyl (C=O) groups is 1. The lowest BCUT2D eigenvalue weighted by Gasteiger charge is -2.09. The number of aromatic carboxylic acids is 1. The second-order valence-corrected chi connectivity index (χ2v) is 6.46. The van der Waals surface area contributed by atoms with Gasteiger partial charge in [0.2, 0.25) is 0 Å². The Morgan fingerprint density at radius 3 is 2.67 bits per heavy atom. The molecular weight excluding hydrogens is 343 g/mol. The maximum absolute atomic E-state index is 13.4. The fourth-order valence-corrected chi connectivity index (χ4v) is 3.14. The molecule has 8 nitrogen and oxygen atoms in total. The molecule has 1 heterocycles. The molecule has 0 atom stereocenters. The van der Waals surface area contributed by atoms with Crippen LogP contribution in [0.4, 0.5) is 10.1 Å². The number of H-pyrrole nitrogens is 1. The highest BCUT2D eigenvalue weighted by atomic mass is 32.2. The third-order valence-corrected chi connectivity index (χ3v) is 4.53. The van der Waals surface area contributed by atoms with E-state index in [-0.39, 0.29) is 16.8 Å². The van der Waals surface area contributed by atoms with E-state index < -0.39 is 38.0 Å². The summed E-state index contributed by atoms with van der Waals surface area (Å²) in [5.41, 5.74) is -0.114. The van der Waals surface area contributed by atoms with Crippen molar-refractivity contribution in [2.24, 2.45) is 0 Å². The van der Waals surface area contributed by atoms with Crippen molar-refractivity contribution in [2.75, 3.05) is 4.72 Å². The molecule has 3 aromatic rings. The van der Waals surface area contributed by atoms with Crippen molar-refractivity contribution in [3.05, 3.63) is 58.3 Å². The molecule has 1 aromatic heterocycles. The van der Waals surface area contributed by atoms with Gasteiger partial charge in [0.25, 0.3) is 10.0 Å². The van der Waals surface area contributed by atoms with E-state index in [1.807, 2.05) is 0 Å². The van der Waals surface area contributed by atoms with E-state index in [0.29, 0.717) is 0 Å². The number of aromatic nitrogens is 1. The summed E-state index contributed by atoms with van der Waals surface area (Å²) in [6.07, 6.45) is 0. The summed E-state index contributed by atoms with van der Waals surface area (Å²) in [5.74, 6) is -3.31. The molecule has 0 saturated heterocycles. The number of carboxylic acids is 1. The maximum atomic E-state index is 13.4. The lowest BCUT2D eigenvalue weighted by molar-refractivity contribution is 0.0691. The van der Waals surface area contributed by atoms with Crippen molar-refractivity contribution in [1.82, 2.24) is 4.98 Å². The van der Waals surface area contributed by atoms with Crippen molar-refractivity contribution in [1.29, 1.82) is 0 Å². The minimum absolute atomic E-state index is 0.112. The Morgan fingerprint density at radius 1 is 1.21 bits per heavy atom. The molecule has 124 valence electrons. The molecule has 24 heavy (non-hydrogen) atoms. The number of sulfonamides is 1. The second-order valence-electron chi connectivity index (χ2n) is 4.78. The molecule has 0 bridgehead atoms. The van der Waals surface area contributed by atoms with Gasteiger partial charge in [0.05, 0.1) is 21.7 Å². The van der Waals surface area contributed by atoms with E-state index >= 15 is 0 Å². The SMILES string of the molecule is O=C(O)c1cc(S(=O)(=O)Nc2ccc3oc(=O)[nH]c3c2)ccc1F. The summed E-state index contributed by atoms with van der Waals surface area (Å²) in [6, 6.07) is 6.51. The molecule has 3 N–H and O–H groups in total. The van der Waals surface area contributed by atoms with Crippen LogP contribution >= 0.6 is 0 Å². The maximum Gasteiger partial charge on any atom is 0.417 e. The average Bonchev–Trinajstić information content (AvgIpc) is 2.86. The Bertz CT molecular complexity index is 1120. The van der Waals surface area contributed by atoms with Crippen molar-refractivity contribution in [3.63, 3.8) is 0 Å². The van der Waals surface area contributed by atoms with E-state index in [4.69, 9.17) is 9.52 Å². The molecule has 0 amide bonds. The Balaban J connectivity index is 1.99. The Morgan fingerprint density at radius 2 is 1.96 bits per heavy atom.